The second-order valence-electron chi connectivity index (χ2n) is 12.3. The molecule has 0 aliphatic rings. The lowest BCUT2D eigenvalue weighted by molar-refractivity contribution is -0.973. The number of quaternary nitrogens is 1. The molecule has 0 aromatic rings. The van der Waals surface area contributed by atoms with Crippen molar-refractivity contribution in [2.75, 3.05) is 6.54 Å². The Morgan fingerprint density at radius 3 is 1.10 bits per heavy atom. The Morgan fingerprint density at radius 1 is 0.476 bits per heavy atom. The molecular formula is C35H66NO6+. The van der Waals surface area contributed by atoms with Crippen LogP contribution in [0.5, 0.6) is 0 Å². The van der Waals surface area contributed by atoms with Crippen LogP contribution in [0.3, 0.4) is 0 Å². The minimum atomic E-state index is -1.08. The molecule has 0 heterocycles. The largest absolute Gasteiger partial charge is 0.477 e. The van der Waals surface area contributed by atoms with Gasteiger partial charge in [0.2, 0.25) is 0 Å². The molecule has 0 aliphatic carbocycles. The molecule has 3 atom stereocenters. The number of carboxylic acids is 3. The molecule has 0 rings (SSSR count). The van der Waals surface area contributed by atoms with E-state index in [1.807, 2.05) is 20.8 Å². The van der Waals surface area contributed by atoms with Gasteiger partial charge in [0.1, 0.15) is 0 Å². The first-order valence-corrected chi connectivity index (χ1v) is 17.4. The fourth-order valence-electron chi connectivity index (χ4n) is 6.63. The van der Waals surface area contributed by atoms with E-state index >= 15 is 0 Å². The number of aliphatic carboxylic acids is 3. The summed E-state index contributed by atoms with van der Waals surface area (Å²) in [5.41, 5.74) is 0. The molecule has 0 amide bonds. The van der Waals surface area contributed by atoms with Crippen LogP contribution in [0.4, 0.5) is 0 Å². The van der Waals surface area contributed by atoms with E-state index in [9.17, 15) is 29.7 Å². The maximum Gasteiger partial charge on any atom is 0.362 e. The molecule has 0 bridgehead atoms. The van der Waals surface area contributed by atoms with Crippen molar-refractivity contribution >= 4 is 17.9 Å². The number of hydrogen-bond donors (Lipinski definition) is 3. The molecule has 0 radical (unpaired) electrons. The van der Waals surface area contributed by atoms with Crippen LogP contribution in [0, 0.1) is 0 Å². The van der Waals surface area contributed by atoms with Crippen molar-refractivity contribution in [3.63, 3.8) is 0 Å². The van der Waals surface area contributed by atoms with Gasteiger partial charge in [0.05, 0.1) is 6.54 Å². The fraction of sp³-hybridized carbons (Fsp3) is 0.857. The number of carboxylic acid groups (broad SMARTS) is 3. The van der Waals surface area contributed by atoms with E-state index < -0.39 is 36.0 Å². The highest BCUT2D eigenvalue weighted by molar-refractivity contribution is 5.78. The van der Waals surface area contributed by atoms with Crippen molar-refractivity contribution in [3.05, 3.63) is 12.2 Å². The molecule has 0 aromatic heterocycles. The average molecular weight is 597 g/mol. The lowest BCUT2D eigenvalue weighted by atomic mass is 9.91. The highest BCUT2D eigenvalue weighted by Gasteiger charge is 2.56. The van der Waals surface area contributed by atoms with Crippen LogP contribution in [0.25, 0.3) is 0 Å². The van der Waals surface area contributed by atoms with Crippen molar-refractivity contribution in [1.82, 2.24) is 0 Å². The van der Waals surface area contributed by atoms with E-state index in [4.69, 9.17) is 0 Å². The normalized spacial score (nSPS) is 15.3. The molecule has 0 aromatic carbocycles. The van der Waals surface area contributed by atoms with Crippen molar-refractivity contribution in [3.8, 4) is 0 Å². The predicted molar refractivity (Wildman–Crippen MR) is 173 cm³/mol. The molecule has 246 valence electrons. The van der Waals surface area contributed by atoms with Crippen LogP contribution in [-0.2, 0) is 14.4 Å². The molecule has 0 saturated heterocycles. The Bertz CT molecular complexity index is 677. The molecule has 7 heteroatoms. The van der Waals surface area contributed by atoms with Crippen molar-refractivity contribution in [1.29, 1.82) is 0 Å². The average Bonchev–Trinajstić information content (AvgIpc) is 2.95. The molecule has 3 unspecified atom stereocenters. The Hall–Kier alpha value is -1.89. The van der Waals surface area contributed by atoms with Crippen LogP contribution >= 0.6 is 0 Å². The van der Waals surface area contributed by atoms with Gasteiger partial charge in [-0.05, 0) is 57.8 Å². The number of allylic oxidation sites excluding steroid dienone is 2. The lowest BCUT2D eigenvalue weighted by Gasteiger charge is -2.50. The van der Waals surface area contributed by atoms with E-state index in [1.54, 1.807) is 0 Å². The number of nitrogens with zero attached hydrogens (tertiary/aromatic N) is 1. The summed E-state index contributed by atoms with van der Waals surface area (Å²) in [5, 5.41) is 30.9. The quantitative estimate of drug-likeness (QED) is 0.0433. The SMILES string of the molecule is CCCCC/C=C/CCCCCCCCCCCCC[N+](C(CCC)C(=O)O)(C(CCC)C(=O)O)C(CCC)C(=O)O. The minimum absolute atomic E-state index is 0.270. The maximum absolute atomic E-state index is 12.6. The third kappa shape index (κ3) is 15.5. The standard InChI is InChI=1S/C35H65NO6/c1-5-9-10-11-12-13-14-15-16-17-18-19-20-21-22-23-24-25-29-36(30(26-6-2)33(37)38,31(27-7-3)34(39)40)32(28-8-4)35(41)42/h12-13,30-32H,5-11,14-29H2,1-4H3,(H2-,37,38,39,40,41,42)/p+1/b13-12+. The Kier molecular flexibility index (Phi) is 24.4. The van der Waals surface area contributed by atoms with Crippen LogP contribution in [0.2, 0.25) is 0 Å². The smallest absolute Gasteiger partial charge is 0.362 e. The summed E-state index contributed by atoms with van der Waals surface area (Å²) in [4.78, 5) is 37.8. The van der Waals surface area contributed by atoms with E-state index in [0.29, 0.717) is 25.7 Å². The van der Waals surface area contributed by atoms with Crippen LogP contribution in [-0.4, -0.2) is 62.4 Å². The summed E-state index contributed by atoms with van der Waals surface area (Å²) in [7, 11) is 0. The molecule has 7 nitrogen and oxygen atoms in total. The number of unbranched alkanes of at least 4 members (excludes halogenated alkanes) is 14. The molecule has 0 spiro atoms. The first-order chi connectivity index (χ1) is 20.2. The summed E-state index contributed by atoms with van der Waals surface area (Å²) in [5.74, 6) is -3.25. The fourth-order valence-corrected chi connectivity index (χ4v) is 6.63. The number of rotatable bonds is 30. The summed E-state index contributed by atoms with van der Waals surface area (Å²) in [6, 6.07) is -3.13. The third-order valence-electron chi connectivity index (χ3n) is 8.84. The summed E-state index contributed by atoms with van der Waals surface area (Å²) in [6.45, 7) is 8.15. The molecule has 3 N–H and O–H groups in total. The summed E-state index contributed by atoms with van der Waals surface area (Å²) >= 11 is 0. The molecule has 42 heavy (non-hydrogen) atoms. The zero-order chi connectivity index (χ0) is 31.6. The molecular weight excluding hydrogens is 530 g/mol. The van der Waals surface area contributed by atoms with Gasteiger partial charge < -0.3 is 15.3 Å². The van der Waals surface area contributed by atoms with Gasteiger partial charge in [0.15, 0.2) is 18.1 Å². The van der Waals surface area contributed by atoms with E-state index in [0.717, 1.165) is 19.3 Å². The second kappa shape index (κ2) is 25.6. The van der Waals surface area contributed by atoms with Gasteiger partial charge in [-0.25, -0.2) is 14.4 Å². The molecule has 0 saturated carbocycles. The van der Waals surface area contributed by atoms with Crippen molar-refractivity contribution in [2.45, 2.75) is 187 Å². The maximum atomic E-state index is 12.6. The number of carbonyl (C=O) groups is 3. The first kappa shape index (κ1) is 40.1. The monoisotopic (exact) mass is 596 g/mol. The third-order valence-corrected chi connectivity index (χ3v) is 8.84. The first-order valence-electron chi connectivity index (χ1n) is 17.4. The summed E-state index contributed by atoms with van der Waals surface area (Å²) < 4.78 is -0.371. The van der Waals surface area contributed by atoms with Gasteiger partial charge in [-0.15, -0.1) is 0 Å². The van der Waals surface area contributed by atoms with Gasteiger partial charge in [-0.1, -0.05) is 104 Å². The highest BCUT2D eigenvalue weighted by atomic mass is 16.4. The van der Waals surface area contributed by atoms with Crippen LogP contribution in [0.1, 0.15) is 169 Å². The van der Waals surface area contributed by atoms with E-state index in [-0.39, 0.29) is 30.3 Å². The minimum Gasteiger partial charge on any atom is -0.477 e. The highest BCUT2D eigenvalue weighted by Crippen LogP contribution is 2.34. The van der Waals surface area contributed by atoms with Gasteiger partial charge in [0.25, 0.3) is 0 Å². The van der Waals surface area contributed by atoms with Crippen molar-refractivity contribution in [2.24, 2.45) is 0 Å². The topological polar surface area (TPSA) is 112 Å². The Balaban J connectivity index is 4.90. The summed E-state index contributed by atoms with van der Waals surface area (Å²) in [6.07, 6.45) is 26.0. The van der Waals surface area contributed by atoms with Crippen molar-refractivity contribution < 1.29 is 34.2 Å². The molecule has 0 aliphatic heterocycles. The molecule has 0 fully saturated rings. The zero-order valence-electron chi connectivity index (χ0n) is 27.7. The zero-order valence-corrected chi connectivity index (χ0v) is 27.7. The van der Waals surface area contributed by atoms with E-state index in [1.165, 1.54) is 77.0 Å². The number of hydrogen-bond acceptors (Lipinski definition) is 3. The van der Waals surface area contributed by atoms with Gasteiger partial charge in [-0.3, -0.25) is 4.48 Å². The Morgan fingerprint density at radius 2 is 0.786 bits per heavy atom. The van der Waals surface area contributed by atoms with Crippen LogP contribution < -0.4 is 0 Å². The van der Waals surface area contributed by atoms with Gasteiger partial charge >= 0.3 is 17.9 Å². The van der Waals surface area contributed by atoms with Gasteiger partial charge in [0, 0.05) is 19.3 Å². The Labute approximate surface area is 257 Å². The van der Waals surface area contributed by atoms with Crippen LogP contribution in [0.15, 0.2) is 12.2 Å². The predicted octanol–water partition coefficient (Wildman–Crippen LogP) is 9.38. The van der Waals surface area contributed by atoms with Gasteiger partial charge in [-0.2, -0.15) is 0 Å². The lowest BCUT2D eigenvalue weighted by Crippen LogP contribution is -2.72. The second-order valence-corrected chi connectivity index (χ2v) is 12.3. The van der Waals surface area contributed by atoms with E-state index in [2.05, 4.69) is 19.1 Å².